The first kappa shape index (κ1) is 18.0. The molecule has 2 unspecified atom stereocenters. The fraction of sp³-hybridized carbons (Fsp3) is 0.667. The van der Waals surface area contributed by atoms with Crippen LogP contribution in [0.25, 0.3) is 0 Å². The average molecular weight is 293 g/mol. The number of nitrogens with one attached hydrogen (secondary N) is 1. The molecule has 0 aliphatic heterocycles. The lowest BCUT2D eigenvalue weighted by Crippen LogP contribution is -2.36. The molecule has 0 spiro atoms. The van der Waals surface area contributed by atoms with Crippen molar-refractivity contribution in [2.24, 2.45) is 11.3 Å². The first-order valence-electron chi connectivity index (χ1n) is 7.93. The summed E-state index contributed by atoms with van der Waals surface area (Å²) in [5.41, 5.74) is 1.54. The van der Waals surface area contributed by atoms with Gasteiger partial charge in [-0.3, -0.25) is 0 Å². The van der Waals surface area contributed by atoms with E-state index in [1.807, 2.05) is 18.2 Å². The van der Waals surface area contributed by atoms with Gasteiger partial charge in [-0.25, -0.2) is 0 Å². The van der Waals surface area contributed by atoms with E-state index >= 15 is 0 Å². The van der Waals surface area contributed by atoms with Gasteiger partial charge in [-0.15, -0.1) is 0 Å². The summed E-state index contributed by atoms with van der Waals surface area (Å²) in [6, 6.07) is 8.03. The number of ether oxygens (including phenoxy) is 1. The lowest BCUT2D eigenvalue weighted by atomic mass is 9.82. The predicted octanol–water partition coefficient (Wildman–Crippen LogP) is 3.26. The van der Waals surface area contributed by atoms with Crippen LogP contribution in [0.15, 0.2) is 24.3 Å². The van der Waals surface area contributed by atoms with Crippen LogP contribution in [0.2, 0.25) is 0 Å². The van der Waals surface area contributed by atoms with E-state index in [1.54, 1.807) is 0 Å². The van der Waals surface area contributed by atoms with Crippen molar-refractivity contribution >= 4 is 0 Å². The number of hydrogen-bond donors (Lipinski definition) is 2. The van der Waals surface area contributed by atoms with Gasteiger partial charge in [0.25, 0.3) is 0 Å². The SMILES string of the molecule is CCc1cccc(OCC(O)CNCC(C)C(C)(C)C)c1. The maximum atomic E-state index is 9.97. The highest BCUT2D eigenvalue weighted by Gasteiger charge is 2.19. The predicted molar refractivity (Wildman–Crippen MR) is 88.8 cm³/mol. The van der Waals surface area contributed by atoms with Crippen molar-refractivity contribution < 1.29 is 9.84 Å². The first-order chi connectivity index (χ1) is 9.82. The van der Waals surface area contributed by atoms with Crippen molar-refractivity contribution in [1.82, 2.24) is 5.32 Å². The average Bonchev–Trinajstić information content (AvgIpc) is 2.44. The zero-order chi connectivity index (χ0) is 15.9. The van der Waals surface area contributed by atoms with Gasteiger partial charge in [0.2, 0.25) is 0 Å². The smallest absolute Gasteiger partial charge is 0.119 e. The molecule has 0 saturated heterocycles. The van der Waals surface area contributed by atoms with Crippen LogP contribution in [0, 0.1) is 11.3 Å². The molecule has 0 aliphatic carbocycles. The number of rotatable bonds is 8. The fourth-order valence-corrected chi connectivity index (χ4v) is 1.88. The second-order valence-electron chi connectivity index (χ2n) is 6.89. The maximum Gasteiger partial charge on any atom is 0.119 e. The molecule has 2 N–H and O–H groups in total. The van der Waals surface area contributed by atoms with Gasteiger partial charge in [0, 0.05) is 6.54 Å². The molecule has 0 aliphatic rings. The Hall–Kier alpha value is -1.06. The van der Waals surface area contributed by atoms with Crippen LogP contribution in [0.5, 0.6) is 5.75 Å². The molecule has 0 amide bonds. The Balaban J connectivity index is 2.26. The second kappa shape index (κ2) is 8.40. The van der Waals surface area contributed by atoms with Crippen molar-refractivity contribution in [2.75, 3.05) is 19.7 Å². The van der Waals surface area contributed by atoms with E-state index in [1.165, 1.54) is 5.56 Å². The van der Waals surface area contributed by atoms with E-state index in [4.69, 9.17) is 4.74 Å². The molecule has 0 bridgehead atoms. The quantitative estimate of drug-likeness (QED) is 0.773. The second-order valence-corrected chi connectivity index (χ2v) is 6.89. The highest BCUT2D eigenvalue weighted by atomic mass is 16.5. The summed E-state index contributed by atoms with van der Waals surface area (Å²) < 4.78 is 5.65. The van der Waals surface area contributed by atoms with E-state index in [-0.39, 0.29) is 5.41 Å². The van der Waals surface area contributed by atoms with Gasteiger partial charge in [0.05, 0.1) is 0 Å². The van der Waals surface area contributed by atoms with E-state index < -0.39 is 6.10 Å². The van der Waals surface area contributed by atoms with Crippen molar-refractivity contribution in [3.63, 3.8) is 0 Å². The lowest BCUT2D eigenvalue weighted by molar-refractivity contribution is 0.103. The third-order valence-corrected chi connectivity index (χ3v) is 4.06. The Morgan fingerprint density at radius 1 is 1.24 bits per heavy atom. The molecule has 1 aromatic rings. The number of aliphatic hydroxyl groups is 1. The summed E-state index contributed by atoms with van der Waals surface area (Å²) in [7, 11) is 0. The van der Waals surface area contributed by atoms with Crippen LogP contribution in [-0.2, 0) is 6.42 Å². The summed E-state index contributed by atoms with van der Waals surface area (Å²) in [6.07, 6.45) is 0.508. The Bertz CT molecular complexity index is 412. The standard InChI is InChI=1S/C18H31NO2/c1-6-15-8-7-9-17(10-15)21-13-16(20)12-19-11-14(2)18(3,4)5/h7-10,14,16,19-20H,6,11-13H2,1-5H3. The van der Waals surface area contributed by atoms with Crippen LogP contribution >= 0.6 is 0 Å². The lowest BCUT2D eigenvalue weighted by Gasteiger charge is -2.27. The van der Waals surface area contributed by atoms with Crippen LogP contribution in [0.4, 0.5) is 0 Å². The Labute approximate surface area is 129 Å². The van der Waals surface area contributed by atoms with Crippen molar-refractivity contribution in [1.29, 1.82) is 0 Å². The molecular formula is C18H31NO2. The molecular weight excluding hydrogens is 262 g/mol. The molecule has 0 aromatic heterocycles. The molecule has 21 heavy (non-hydrogen) atoms. The molecule has 1 aromatic carbocycles. The molecule has 0 radical (unpaired) electrons. The minimum absolute atomic E-state index is 0.287. The molecule has 2 atom stereocenters. The zero-order valence-electron chi connectivity index (χ0n) is 14.1. The third kappa shape index (κ3) is 6.96. The van der Waals surface area contributed by atoms with Gasteiger partial charge in [-0.05, 0) is 42.0 Å². The van der Waals surface area contributed by atoms with Crippen LogP contribution in [0.1, 0.15) is 40.2 Å². The van der Waals surface area contributed by atoms with Gasteiger partial charge in [0.1, 0.15) is 18.5 Å². The molecule has 0 saturated carbocycles. The van der Waals surface area contributed by atoms with Crippen molar-refractivity contribution in [3.8, 4) is 5.75 Å². The van der Waals surface area contributed by atoms with Gasteiger partial charge >= 0.3 is 0 Å². The molecule has 0 fully saturated rings. The zero-order valence-corrected chi connectivity index (χ0v) is 14.1. The van der Waals surface area contributed by atoms with Crippen LogP contribution < -0.4 is 10.1 Å². The minimum Gasteiger partial charge on any atom is -0.491 e. The Kier molecular flexibility index (Phi) is 7.20. The highest BCUT2D eigenvalue weighted by molar-refractivity contribution is 5.28. The first-order valence-corrected chi connectivity index (χ1v) is 7.93. The van der Waals surface area contributed by atoms with Gasteiger partial charge in [-0.2, -0.15) is 0 Å². The van der Waals surface area contributed by atoms with E-state index in [9.17, 15) is 5.11 Å². The minimum atomic E-state index is -0.484. The van der Waals surface area contributed by atoms with Gasteiger partial charge in [0.15, 0.2) is 0 Å². The number of aliphatic hydroxyl groups excluding tert-OH is 1. The van der Waals surface area contributed by atoms with Crippen molar-refractivity contribution in [2.45, 2.75) is 47.1 Å². The molecule has 120 valence electrons. The largest absolute Gasteiger partial charge is 0.491 e. The van der Waals surface area contributed by atoms with E-state index in [2.05, 4.69) is 46.0 Å². The van der Waals surface area contributed by atoms with Crippen LogP contribution in [0.3, 0.4) is 0 Å². The molecule has 3 heteroatoms. The summed E-state index contributed by atoms with van der Waals surface area (Å²) >= 11 is 0. The van der Waals surface area contributed by atoms with Gasteiger partial charge in [-0.1, -0.05) is 46.8 Å². The summed E-state index contributed by atoms with van der Waals surface area (Å²) in [6.45, 7) is 12.9. The molecule has 1 rings (SSSR count). The third-order valence-electron chi connectivity index (χ3n) is 4.06. The Morgan fingerprint density at radius 3 is 2.57 bits per heavy atom. The fourth-order valence-electron chi connectivity index (χ4n) is 1.88. The summed E-state index contributed by atoms with van der Waals surface area (Å²) in [4.78, 5) is 0. The molecule has 3 nitrogen and oxygen atoms in total. The van der Waals surface area contributed by atoms with Crippen LogP contribution in [-0.4, -0.2) is 30.9 Å². The number of hydrogen-bond acceptors (Lipinski definition) is 3. The summed E-state index contributed by atoms with van der Waals surface area (Å²) in [5, 5.41) is 13.3. The number of aryl methyl sites for hydroxylation is 1. The van der Waals surface area contributed by atoms with E-state index in [0.717, 1.165) is 18.7 Å². The summed E-state index contributed by atoms with van der Waals surface area (Å²) in [5.74, 6) is 1.39. The topological polar surface area (TPSA) is 41.5 Å². The van der Waals surface area contributed by atoms with Crippen molar-refractivity contribution in [3.05, 3.63) is 29.8 Å². The normalized spacial score (nSPS) is 14.8. The maximum absolute atomic E-state index is 9.97. The monoisotopic (exact) mass is 293 g/mol. The molecule has 0 heterocycles. The van der Waals surface area contributed by atoms with E-state index in [0.29, 0.717) is 19.1 Å². The van der Waals surface area contributed by atoms with Gasteiger partial charge < -0.3 is 15.2 Å². The highest BCUT2D eigenvalue weighted by Crippen LogP contribution is 2.24. The number of benzene rings is 1. The Morgan fingerprint density at radius 2 is 1.95 bits per heavy atom.